The molecule has 0 spiro atoms. The van der Waals surface area contributed by atoms with Gasteiger partial charge in [0.05, 0.1) is 18.8 Å². The predicted octanol–water partition coefficient (Wildman–Crippen LogP) is 4.15. The summed E-state index contributed by atoms with van der Waals surface area (Å²) in [5.74, 6) is 0.541. The van der Waals surface area contributed by atoms with Gasteiger partial charge in [0.2, 0.25) is 0 Å². The molecular formula is C25H27NO5. The highest BCUT2D eigenvalue weighted by Crippen LogP contribution is 2.28. The van der Waals surface area contributed by atoms with E-state index >= 15 is 0 Å². The molecule has 0 aromatic heterocycles. The molecule has 0 saturated heterocycles. The maximum atomic E-state index is 12.4. The van der Waals surface area contributed by atoms with E-state index in [2.05, 4.69) is 5.32 Å². The molecule has 3 rings (SSSR count). The molecule has 1 N–H and O–H groups in total. The number of hydrogen-bond acceptors (Lipinski definition) is 5. The van der Waals surface area contributed by atoms with E-state index in [4.69, 9.17) is 14.2 Å². The van der Waals surface area contributed by atoms with E-state index < -0.39 is 5.97 Å². The first-order chi connectivity index (χ1) is 15.1. The van der Waals surface area contributed by atoms with Gasteiger partial charge >= 0.3 is 5.97 Å². The number of hydrogen-bond donors (Lipinski definition) is 1. The van der Waals surface area contributed by atoms with Crippen molar-refractivity contribution in [2.75, 3.05) is 26.4 Å². The molecule has 0 unspecified atom stereocenters. The van der Waals surface area contributed by atoms with E-state index in [1.807, 2.05) is 62.4 Å². The molecule has 0 aliphatic carbocycles. The van der Waals surface area contributed by atoms with Gasteiger partial charge in [0.1, 0.15) is 0 Å². The van der Waals surface area contributed by atoms with Crippen LogP contribution in [0.3, 0.4) is 0 Å². The van der Waals surface area contributed by atoms with E-state index in [0.29, 0.717) is 43.2 Å². The second kappa shape index (κ2) is 11.0. The highest BCUT2D eigenvalue weighted by molar-refractivity contribution is 6.04. The second-order valence-corrected chi connectivity index (χ2v) is 6.85. The molecule has 0 aliphatic rings. The van der Waals surface area contributed by atoms with Crippen LogP contribution in [0.5, 0.6) is 11.5 Å². The Labute approximate surface area is 182 Å². The molecule has 0 atom stereocenters. The average Bonchev–Trinajstić information content (AvgIpc) is 2.79. The number of amides is 1. The number of nitrogens with one attached hydrogen (secondary N) is 1. The first-order valence-electron chi connectivity index (χ1n) is 10.4. The Hall–Kier alpha value is -3.54. The van der Waals surface area contributed by atoms with Crippen LogP contribution >= 0.6 is 0 Å². The number of benzene rings is 3. The van der Waals surface area contributed by atoms with Gasteiger partial charge in [0.15, 0.2) is 18.1 Å². The molecule has 3 aromatic carbocycles. The molecule has 6 nitrogen and oxygen atoms in total. The van der Waals surface area contributed by atoms with E-state index in [1.165, 1.54) is 0 Å². The maximum Gasteiger partial charge on any atom is 0.339 e. The van der Waals surface area contributed by atoms with Crippen molar-refractivity contribution < 1.29 is 23.8 Å². The van der Waals surface area contributed by atoms with E-state index in [-0.39, 0.29) is 12.5 Å². The van der Waals surface area contributed by atoms with Gasteiger partial charge in [-0.1, -0.05) is 42.5 Å². The van der Waals surface area contributed by atoms with Crippen molar-refractivity contribution in [1.82, 2.24) is 5.32 Å². The van der Waals surface area contributed by atoms with Gasteiger partial charge in [0.25, 0.3) is 5.91 Å². The van der Waals surface area contributed by atoms with Gasteiger partial charge in [-0.25, -0.2) is 4.79 Å². The Bertz CT molecular complexity index is 1040. The lowest BCUT2D eigenvalue weighted by atomic mass is 10.1. The van der Waals surface area contributed by atoms with Crippen molar-refractivity contribution in [3.8, 4) is 11.5 Å². The molecule has 6 heteroatoms. The van der Waals surface area contributed by atoms with Crippen molar-refractivity contribution >= 4 is 22.6 Å². The van der Waals surface area contributed by atoms with Crippen LogP contribution in [0, 0.1) is 0 Å². The fraction of sp³-hybridized carbons (Fsp3) is 0.280. The van der Waals surface area contributed by atoms with Gasteiger partial charge < -0.3 is 19.5 Å². The molecular weight excluding hydrogens is 394 g/mol. The molecule has 0 fully saturated rings. The summed E-state index contributed by atoms with van der Waals surface area (Å²) >= 11 is 0. The lowest BCUT2D eigenvalue weighted by Crippen LogP contribution is -2.30. The topological polar surface area (TPSA) is 73.9 Å². The summed E-state index contributed by atoms with van der Waals surface area (Å²) in [6, 6.07) is 18.7. The SMILES string of the molecule is CCOc1ccc(CCNC(=O)COC(=O)c2cccc3ccccc23)cc1OCC. The summed E-state index contributed by atoms with van der Waals surface area (Å²) in [5, 5.41) is 4.53. The number of ether oxygens (including phenoxy) is 3. The quantitative estimate of drug-likeness (QED) is 0.498. The smallest absolute Gasteiger partial charge is 0.339 e. The first-order valence-corrected chi connectivity index (χ1v) is 10.4. The Kier molecular flexibility index (Phi) is 7.87. The fourth-order valence-electron chi connectivity index (χ4n) is 3.26. The molecule has 0 radical (unpaired) electrons. The van der Waals surface area contributed by atoms with Gasteiger partial charge in [-0.05, 0) is 54.8 Å². The van der Waals surface area contributed by atoms with Crippen molar-refractivity contribution in [3.63, 3.8) is 0 Å². The third-order valence-corrected chi connectivity index (χ3v) is 4.69. The van der Waals surface area contributed by atoms with Crippen LogP contribution in [-0.4, -0.2) is 38.2 Å². The molecule has 0 aliphatic heterocycles. The zero-order valence-electron chi connectivity index (χ0n) is 17.9. The third-order valence-electron chi connectivity index (χ3n) is 4.69. The number of carbonyl (C=O) groups is 2. The van der Waals surface area contributed by atoms with E-state index in [0.717, 1.165) is 16.3 Å². The van der Waals surface area contributed by atoms with Gasteiger partial charge in [-0.3, -0.25) is 4.79 Å². The lowest BCUT2D eigenvalue weighted by molar-refractivity contribution is -0.124. The molecule has 31 heavy (non-hydrogen) atoms. The van der Waals surface area contributed by atoms with Crippen molar-refractivity contribution in [1.29, 1.82) is 0 Å². The monoisotopic (exact) mass is 421 g/mol. The normalized spacial score (nSPS) is 10.5. The highest BCUT2D eigenvalue weighted by atomic mass is 16.5. The molecule has 3 aromatic rings. The summed E-state index contributed by atoms with van der Waals surface area (Å²) in [7, 11) is 0. The average molecular weight is 421 g/mol. The third kappa shape index (κ3) is 5.98. The minimum atomic E-state index is -0.514. The largest absolute Gasteiger partial charge is 0.490 e. The number of esters is 1. The Balaban J connectivity index is 1.49. The van der Waals surface area contributed by atoms with Crippen LogP contribution < -0.4 is 14.8 Å². The van der Waals surface area contributed by atoms with Crippen molar-refractivity contribution in [2.45, 2.75) is 20.3 Å². The molecule has 0 heterocycles. The summed E-state index contributed by atoms with van der Waals surface area (Å²) in [5.41, 5.74) is 1.46. The van der Waals surface area contributed by atoms with Crippen LogP contribution in [-0.2, 0) is 16.0 Å². The van der Waals surface area contributed by atoms with Crippen LogP contribution in [0.15, 0.2) is 60.7 Å². The zero-order valence-corrected chi connectivity index (χ0v) is 17.9. The predicted molar refractivity (Wildman–Crippen MR) is 120 cm³/mol. The van der Waals surface area contributed by atoms with Crippen LogP contribution in [0.25, 0.3) is 10.8 Å². The highest BCUT2D eigenvalue weighted by Gasteiger charge is 2.13. The summed E-state index contributed by atoms with van der Waals surface area (Å²) in [4.78, 5) is 24.5. The first kappa shape index (κ1) is 22.2. The van der Waals surface area contributed by atoms with E-state index in [1.54, 1.807) is 12.1 Å². The Morgan fingerprint density at radius 2 is 1.61 bits per heavy atom. The molecule has 0 saturated carbocycles. The summed E-state index contributed by atoms with van der Waals surface area (Å²) < 4.78 is 16.4. The molecule has 162 valence electrons. The van der Waals surface area contributed by atoms with Gasteiger partial charge in [-0.2, -0.15) is 0 Å². The zero-order chi connectivity index (χ0) is 22.1. The number of carbonyl (C=O) groups excluding carboxylic acids is 2. The Morgan fingerprint density at radius 1 is 0.871 bits per heavy atom. The van der Waals surface area contributed by atoms with Gasteiger partial charge in [-0.15, -0.1) is 0 Å². The lowest BCUT2D eigenvalue weighted by Gasteiger charge is -2.13. The Morgan fingerprint density at radius 3 is 2.42 bits per heavy atom. The fourth-order valence-corrected chi connectivity index (χ4v) is 3.26. The number of rotatable bonds is 10. The minimum absolute atomic E-state index is 0.324. The van der Waals surface area contributed by atoms with Crippen LogP contribution in [0.1, 0.15) is 29.8 Å². The molecule has 0 bridgehead atoms. The maximum absolute atomic E-state index is 12.4. The van der Waals surface area contributed by atoms with Gasteiger partial charge in [0, 0.05) is 6.54 Å². The van der Waals surface area contributed by atoms with E-state index in [9.17, 15) is 9.59 Å². The number of fused-ring (bicyclic) bond motifs is 1. The second-order valence-electron chi connectivity index (χ2n) is 6.85. The van der Waals surface area contributed by atoms with Crippen LogP contribution in [0.4, 0.5) is 0 Å². The van der Waals surface area contributed by atoms with Crippen molar-refractivity contribution in [3.05, 3.63) is 71.8 Å². The summed E-state index contributed by atoms with van der Waals surface area (Å²) in [6.45, 7) is 5.05. The van der Waals surface area contributed by atoms with Crippen molar-refractivity contribution in [2.24, 2.45) is 0 Å². The van der Waals surface area contributed by atoms with Crippen LogP contribution in [0.2, 0.25) is 0 Å². The summed E-state index contributed by atoms with van der Waals surface area (Å²) in [6.07, 6.45) is 0.621. The minimum Gasteiger partial charge on any atom is -0.490 e. The molecule has 1 amide bonds. The standard InChI is InChI=1S/C25H27NO5/c1-3-29-22-13-12-18(16-23(22)30-4-2)14-15-26-24(27)17-31-25(28)21-11-7-9-19-8-5-6-10-20(19)21/h5-13,16H,3-4,14-15,17H2,1-2H3,(H,26,27).